The van der Waals surface area contributed by atoms with Gasteiger partial charge in [0.2, 0.25) is 16.9 Å². The number of nitrogens with one attached hydrogen (secondary N) is 2. The quantitative estimate of drug-likeness (QED) is 0.0687. The van der Waals surface area contributed by atoms with Crippen molar-refractivity contribution in [3.05, 3.63) is 36.5 Å². The van der Waals surface area contributed by atoms with E-state index < -0.39 is 84.6 Å². The highest BCUT2D eigenvalue weighted by atomic mass is 32.2. The van der Waals surface area contributed by atoms with E-state index in [0.717, 1.165) is 35.4 Å². The monoisotopic (exact) mass is 883 g/mol. The van der Waals surface area contributed by atoms with Crippen LogP contribution in [-0.2, 0) is 50.7 Å². The molecule has 28 heteroatoms. The minimum Gasteiger partial charge on any atom is -0.790 e. The number of rotatable bonds is 20. The first-order valence-corrected chi connectivity index (χ1v) is 22.2. The summed E-state index contributed by atoms with van der Waals surface area (Å²) in [6, 6.07) is 0. The van der Waals surface area contributed by atoms with E-state index in [2.05, 4.69) is 43.5 Å². The molecule has 0 radical (unpaired) electrons. The lowest BCUT2D eigenvalue weighted by Crippen LogP contribution is -2.46. The van der Waals surface area contributed by atoms with Gasteiger partial charge in [0.1, 0.15) is 36.3 Å². The molecule has 3 unspecified atom stereocenters. The number of carbonyl (C=O) groups excluding carboxylic acids is 3. The Bertz CT molecular complexity index is 1990. The Labute approximate surface area is 329 Å². The number of hydrogen-bond acceptors (Lipinski definition) is 22. The molecule has 1 aliphatic heterocycles. The summed E-state index contributed by atoms with van der Waals surface area (Å²) in [5.74, 6) is -0.877. The summed E-state index contributed by atoms with van der Waals surface area (Å²) in [4.78, 5) is 96.4. The summed E-state index contributed by atoms with van der Waals surface area (Å²) in [6.07, 6.45) is -1.25. The van der Waals surface area contributed by atoms with Gasteiger partial charge in [0.25, 0.3) is 15.6 Å². The van der Waals surface area contributed by atoms with Crippen LogP contribution in [0.4, 0.5) is 5.82 Å². The third kappa shape index (κ3) is 13.5. The third-order valence-corrected chi connectivity index (χ3v) is 12.2. The van der Waals surface area contributed by atoms with E-state index in [4.69, 9.17) is 10.5 Å². The highest BCUT2D eigenvalue weighted by Crippen LogP contribution is 2.56. The van der Waals surface area contributed by atoms with E-state index in [0.29, 0.717) is 17.2 Å². The zero-order valence-electron chi connectivity index (χ0n) is 30.4. The van der Waals surface area contributed by atoms with Crippen LogP contribution in [0.3, 0.4) is 0 Å². The van der Waals surface area contributed by atoms with Gasteiger partial charge in [0.05, 0.1) is 27.4 Å². The van der Waals surface area contributed by atoms with Gasteiger partial charge >= 0.3 is 0 Å². The normalized spacial score (nSPS) is 24.0. The van der Waals surface area contributed by atoms with Crippen molar-refractivity contribution in [1.82, 2.24) is 30.2 Å². The summed E-state index contributed by atoms with van der Waals surface area (Å²) < 4.78 is 60.5. The van der Waals surface area contributed by atoms with E-state index in [1.54, 1.807) is 6.08 Å². The van der Waals surface area contributed by atoms with Crippen LogP contribution in [0, 0.1) is 11.3 Å². The van der Waals surface area contributed by atoms with Crippen molar-refractivity contribution in [1.29, 1.82) is 0 Å². The molecule has 57 heavy (non-hydrogen) atoms. The molecule has 0 aromatic carbocycles. The third-order valence-electron chi connectivity index (χ3n) is 8.26. The molecule has 4 rings (SSSR count). The van der Waals surface area contributed by atoms with E-state index >= 15 is 0 Å². The van der Waals surface area contributed by atoms with Crippen molar-refractivity contribution in [2.75, 3.05) is 37.8 Å². The zero-order chi connectivity index (χ0) is 42.3. The van der Waals surface area contributed by atoms with Crippen LogP contribution in [0.15, 0.2) is 36.5 Å². The lowest BCUT2D eigenvalue weighted by atomic mass is 9.87. The number of fused-ring (bicyclic) bond motifs is 1. The standard InChI is InChI=1S/C29H44N7O17P3S/c1-16-4-6-17(7-5-16)28(41)57-11-10-31-19(37)8-9-32-26(40)23(39)29(2,3)13-50-56(47,48)53-55(45,46)49-12-18-22(52-54(42,43)44)21(38)27(51-18)36-15-35-20-24(30)33-14-34-25(20)36/h4,6-7,14-16,18,21-23,27,38-39H,5,8-13H2,1-3H3,(H,31,37)(H,32,40)(H,45,46)(H,47,48)(H2,30,33,34)(H2,42,43,44)/p-4/t16?,18-,21-,22-,23+,27-/m1/s1. The average molecular weight is 884 g/mol. The number of aliphatic hydroxyl groups is 2. The number of nitrogens with two attached hydrogens (primary N) is 1. The molecule has 2 amide bonds. The van der Waals surface area contributed by atoms with Gasteiger partial charge in [0, 0.05) is 36.3 Å². The molecule has 1 fully saturated rings. The van der Waals surface area contributed by atoms with E-state index in [1.165, 1.54) is 13.8 Å². The summed E-state index contributed by atoms with van der Waals surface area (Å²) in [6.45, 7) is 2.11. The number of ether oxygens (including phenoxy) is 1. The van der Waals surface area contributed by atoms with Gasteiger partial charge in [-0.1, -0.05) is 50.8 Å². The SMILES string of the molecule is CC1C=CC(C(=O)SCCNC(=O)CCNC(=O)[C@H](O)C(C)(C)COP(=O)([O-])OP(=O)([O-])OC[C@H]2O[C@@H](n3cnc4c(N)ncnc43)[C@H](O)[C@@H]2OP(=O)([O-])[O-])=CC1. The first-order valence-electron chi connectivity index (χ1n) is 16.9. The van der Waals surface area contributed by atoms with Gasteiger partial charge in [-0.05, 0) is 12.3 Å². The Morgan fingerprint density at radius 3 is 2.47 bits per heavy atom. The molecule has 0 spiro atoms. The Morgan fingerprint density at radius 2 is 1.81 bits per heavy atom. The Balaban J connectivity index is 1.22. The first kappa shape index (κ1) is 46.7. The number of phosphoric ester groups is 3. The maximum absolute atomic E-state index is 12.5. The predicted octanol–water partition coefficient (Wildman–Crippen LogP) is -2.34. The molecule has 2 aromatic heterocycles. The zero-order valence-corrected chi connectivity index (χ0v) is 33.9. The van der Waals surface area contributed by atoms with Gasteiger partial charge in [-0.25, -0.2) is 19.3 Å². The minimum absolute atomic E-state index is 0.0215. The fourth-order valence-electron chi connectivity index (χ4n) is 5.21. The average Bonchev–Trinajstić information content (AvgIpc) is 3.68. The maximum atomic E-state index is 12.5. The molecule has 3 heterocycles. The van der Waals surface area contributed by atoms with E-state index in [1.807, 2.05) is 19.1 Å². The van der Waals surface area contributed by atoms with Crippen LogP contribution in [0.25, 0.3) is 11.2 Å². The van der Waals surface area contributed by atoms with Crippen LogP contribution in [0.5, 0.6) is 0 Å². The summed E-state index contributed by atoms with van der Waals surface area (Å²) in [5, 5.41) is 26.1. The van der Waals surface area contributed by atoms with Crippen molar-refractivity contribution in [2.24, 2.45) is 11.3 Å². The van der Waals surface area contributed by atoms with Gasteiger partial charge in [-0.15, -0.1) is 0 Å². The largest absolute Gasteiger partial charge is 0.790 e. The fourth-order valence-corrected chi connectivity index (χ4v) is 8.66. The van der Waals surface area contributed by atoms with Crippen molar-refractivity contribution in [3.63, 3.8) is 0 Å². The molecule has 1 saturated heterocycles. The number of carbonyl (C=O) groups is 3. The Morgan fingerprint density at radius 1 is 1.11 bits per heavy atom. The molecule has 2 aromatic rings. The Hall–Kier alpha value is -2.96. The van der Waals surface area contributed by atoms with Crippen LogP contribution in [0.1, 0.15) is 39.8 Å². The number of aromatic nitrogens is 4. The lowest BCUT2D eigenvalue weighted by molar-refractivity contribution is -0.347. The van der Waals surface area contributed by atoms with Crippen LogP contribution >= 0.6 is 35.2 Å². The number of nitrogens with zero attached hydrogens (tertiary/aromatic N) is 4. The van der Waals surface area contributed by atoms with E-state index in [9.17, 15) is 57.9 Å². The van der Waals surface area contributed by atoms with Crippen molar-refractivity contribution in [3.8, 4) is 0 Å². The van der Waals surface area contributed by atoms with E-state index in [-0.39, 0.29) is 41.6 Å². The molecule has 6 N–H and O–H groups in total. The Kier molecular flexibility index (Phi) is 15.9. The number of allylic oxidation sites excluding steroid dienone is 3. The molecule has 0 saturated carbocycles. The molecular formula is C29H40N7O17P3S-4. The first-order chi connectivity index (χ1) is 26.5. The smallest absolute Gasteiger partial charge is 0.274 e. The molecular weight excluding hydrogens is 843 g/mol. The predicted molar refractivity (Wildman–Crippen MR) is 189 cm³/mol. The highest BCUT2D eigenvalue weighted by molar-refractivity contribution is 8.14. The maximum Gasteiger partial charge on any atom is 0.274 e. The van der Waals surface area contributed by atoms with Crippen molar-refractivity contribution < 1.29 is 80.5 Å². The number of anilines is 1. The number of amides is 2. The highest BCUT2D eigenvalue weighted by Gasteiger charge is 2.47. The summed E-state index contributed by atoms with van der Waals surface area (Å²) >= 11 is 1.05. The van der Waals surface area contributed by atoms with Crippen LogP contribution in [0.2, 0.25) is 0 Å². The number of hydrogen-bond donors (Lipinski definition) is 5. The second kappa shape index (κ2) is 19.4. The summed E-state index contributed by atoms with van der Waals surface area (Å²) in [5.41, 5.74) is 4.67. The van der Waals surface area contributed by atoms with Crippen LogP contribution < -0.4 is 35.9 Å². The fraction of sp³-hybridized carbons (Fsp3) is 0.586. The molecule has 2 aliphatic rings. The number of thioether (sulfide) groups is 1. The van der Waals surface area contributed by atoms with Crippen LogP contribution in [-0.4, -0.2) is 103 Å². The number of aliphatic hydroxyl groups excluding tert-OH is 2. The topological polar surface area (TPSA) is 375 Å². The van der Waals surface area contributed by atoms with Gasteiger partial charge in [0.15, 0.2) is 17.7 Å². The molecule has 318 valence electrons. The lowest BCUT2D eigenvalue weighted by Gasteiger charge is -2.36. The number of imidazole rings is 1. The van der Waals surface area contributed by atoms with Gasteiger partial charge in [-0.2, -0.15) is 0 Å². The number of phosphoric acid groups is 3. The van der Waals surface area contributed by atoms with Gasteiger partial charge in [-0.3, -0.25) is 28.1 Å². The number of nitrogen functional groups attached to an aromatic ring is 1. The molecule has 8 atom stereocenters. The second-order valence-corrected chi connectivity index (χ2v) is 18.5. The van der Waals surface area contributed by atoms with Crippen molar-refractivity contribution >= 4 is 69.1 Å². The minimum atomic E-state index is -5.91. The molecule has 0 bridgehead atoms. The van der Waals surface area contributed by atoms with Crippen molar-refractivity contribution in [2.45, 2.75) is 64.3 Å². The summed E-state index contributed by atoms with van der Waals surface area (Å²) in [7, 11) is -17.6. The second-order valence-electron chi connectivity index (χ2n) is 13.4. The van der Waals surface area contributed by atoms with Gasteiger partial charge < -0.3 is 69.0 Å². The molecule has 1 aliphatic carbocycles. The molecule has 24 nitrogen and oxygen atoms in total.